The fourth-order valence-corrected chi connectivity index (χ4v) is 3.74. The second-order valence-corrected chi connectivity index (χ2v) is 8.16. The molecule has 0 aromatic carbocycles. The first kappa shape index (κ1) is 20.4. The topological polar surface area (TPSA) is 84.6 Å². The predicted molar refractivity (Wildman–Crippen MR) is 117 cm³/mol. The lowest BCUT2D eigenvalue weighted by Gasteiger charge is -2.22. The molecule has 1 fully saturated rings. The van der Waals surface area contributed by atoms with E-state index < -0.39 is 0 Å². The average Bonchev–Trinajstić information content (AvgIpc) is 3.32. The van der Waals surface area contributed by atoms with Crippen molar-refractivity contribution in [3.05, 3.63) is 40.8 Å². The minimum atomic E-state index is -0.147. The summed E-state index contributed by atoms with van der Waals surface area (Å²) < 4.78 is 8.03. The molecule has 2 aromatic heterocycles. The lowest BCUT2D eigenvalue weighted by Crippen LogP contribution is -2.28. The number of Topliss-reactive ketones (excluding diaryl/α,β-unsaturated/α-hetero) is 1. The van der Waals surface area contributed by atoms with E-state index in [1.165, 1.54) is 0 Å². The first-order chi connectivity index (χ1) is 14.4. The van der Waals surface area contributed by atoms with Crippen LogP contribution in [-0.4, -0.2) is 57.4 Å². The van der Waals surface area contributed by atoms with Gasteiger partial charge >= 0.3 is 0 Å². The van der Waals surface area contributed by atoms with Gasteiger partial charge in [-0.1, -0.05) is 25.4 Å². The van der Waals surface area contributed by atoms with Gasteiger partial charge in [-0.15, -0.1) is 0 Å². The third kappa shape index (κ3) is 4.18. The fourth-order valence-electron chi connectivity index (χ4n) is 3.51. The van der Waals surface area contributed by atoms with Crippen molar-refractivity contribution in [1.82, 2.24) is 19.7 Å². The zero-order valence-corrected chi connectivity index (χ0v) is 18.1. The van der Waals surface area contributed by atoms with Gasteiger partial charge < -0.3 is 15.0 Å². The molecule has 0 saturated carbocycles. The van der Waals surface area contributed by atoms with Gasteiger partial charge in [-0.25, -0.2) is 4.98 Å². The number of hydrogen-bond acceptors (Lipinski definition) is 7. The third-order valence-electron chi connectivity index (χ3n) is 5.21. The summed E-state index contributed by atoms with van der Waals surface area (Å²) in [5.41, 5.74) is 2.47. The lowest BCUT2D eigenvalue weighted by molar-refractivity contribution is -0.113. The van der Waals surface area contributed by atoms with Gasteiger partial charge in [0, 0.05) is 38.5 Å². The smallest absolute Gasteiger partial charge is 0.238 e. The Hall–Kier alpha value is -2.87. The molecule has 9 heteroatoms. The zero-order chi connectivity index (χ0) is 21.3. The van der Waals surface area contributed by atoms with Crippen molar-refractivity contribution in [3.8, 4) is 5.88 Å². The van der Waals surface area contributed by atoms with Gasteiger partial charge in [0.15, 0.2) is 5.78 Å². The van der Waals surface area contributed by atoms with Crippen LogP contribution in [0.1, 0.15) is 31.9 Å². The van der Waals surface area contributed by atoms with Crippen LogP contribution in [0.15, 0.2) is 40.1 Å². The molecule has 30 heavy (non-hydrogen) atoms. The number of aliphatic imine (C=N–C) groups is 1. The van der Waals surface area contributed by atoms with Crippen LogP contribution in [0.4, 0.5) is 11.5 Å². The number of dihydropyridines is 1. The number of anilines is 2. The molecule has 0 unspecified atom stereocenters. The molecule has 158 valence electrons. The lowest BCUT2D eigenvalue weighted by atomic mass is 10.1. The number of ketones is 1. The number of hydrogen-bond donors (Lipinski definition) is 1. The summed E-state index contributed by atoms with van der Waals surface area (Å²) in [6, 6.07) is 5.83. The molecule has 1 N–H and O–H groups in total. The quantitative estimate of drug-likeness (QED) is 0.760. The Bertz CT molecular complexity index is 1010. The Labute approximate surface area is 180 Å². The fraction of sp³-hybridized carbons (Fsp3) is 0.429. The van der Waals surface area contributed by atoms with Crippen molar-refractivity contribution < 1.29 is 9.53 Å². The van der Waals surface area contributed by atoms with Crippen LogP contribution in [0, 0.1) is 0 Å². The number of nitrogens with zero attached hydrogens (tertiary/aromatic N) is 5. The number of nitrogens with one attached hydrogen (secondary N) is 1. The number of likely N-dealkylation sites (tertiary alicyclic amines) is 1. The van der Waals surface area contributed by atoms with E-state index in [4.69, 9.17) is 16.3 Å². The van der Waals surface area contributed by atoms with E-state index in [0.29, 0.717) is 24.0 Å². The molecule has 0 amide bonds. The van der Waals surface area contributed by atoms with E-state index in [2.05, 4.69) is 34.2 Å². The molecule has 0 spiro atoms. The van der Waals surface area contributed by atoms with Gasteiger partial charge in [-0.2, -0.15) is 5.10 Å². The number of allylic oxidation sites excluding steroid dienone is 1. The minimum absolute atomic E-state index is 0.0689. The van der Waals surface area contributed by atoms with E-state index in [0.717, 1.165) is 30.2 Å². The first-order valence-corrected chi connectivity index (χ1v) is 10.4. The Balaban J connectivity index is 1.47. The third-order valence-corrected chi connectivity index (χ3v) is 5.61. The molecule has 0 aliphatic carbocycles. The van der Waals surface area contributed by atoms with Crippen molar-refractivity contribution in [2.75, 3.05) is 25.0 Å². The summed E-state index contributed by atoms with van der Waals surface area (Å²) in [5.74, 6) is 1.60. The van der Waals surface area contributed by atoms with E-state index in [-0.39, 0.29) is 23.5 Å². The summed E-state index contributed by atoms with van der Waals surface area (Å²) in [4.78, 5) is 22.4. The summed E-state index contributed by atoms with van der Waals surface area (Å²) in [5, 5.41) is 8.18. The van der Waals surface area contributed by atoms with Gasteiger partial charge in [0.05, 0.1) is 17.9 Å². The van der Waals surface area contributed by atoms with Gasteiger partial charge in [0.1, 0.15) is 29.2 Å². The zero-order valence-electron chi connectivity index (χ0n) is 17.3. The summed E-state index contributed by atoms with van der Waals surface area (Å²) in [7, 11) is 1.91. The number of pyridine rings is 1. The molecule has 8 nitrogen and oxygen atoms in total. The number of rotatable bonds is 6. The molecular weight excluding hydrogens is 404 g/mol. The van der Waals surface area contributed by atoms with Crippen LogP contribution in [0.3, 0.4) is 0 Å². The van der Waals surface area contributed by atoms with Gasteiger partial charge in [0.25, 0.3) is 0 Å². The van der Waals surface area contributed by atoms with E-state index in [9.17, 15) is 4.79 Å². The van der Waals surface area contributed by atoms with Crippen LogP contribution < -0.4 is 10.1 Å². The maximum Gasteiger partial charge on any atom is 0.238 e. The van der Waals surface area contributed by atoms with Gasteiger partial charge in [0.2, 0.25) is 5.88 Å². The minimum Gasteiger partial charge on any atom is -0.471 e. The van der Waals surface area contributed by atoms with E-state index in [1.54, 1.807) is 12.4 Å². The predicted octanol–water partition coefficient (Wildman–Crippen LogP) is 3.24. The molecule has 4 heterocycles. The van der Waals surface area contributed by atoms with Crippen LogP contribution in [-0.2, 0) is 11.8 Å². The van der Waals surface area contributed by atoms with Crippen LogP contribution in [0.25, 0.3) is 0 Å². The van der Waals surface area contributed by atoms with Gasteiger partial charge in [-0.3, -0.25) is 14.5 Å². The van der Waals surface area contributed by atoms with Crippen molar-refractivity contribution in [2.45, 2.75) is 32.3 Å². The highest BCUT2D eigenvalue weighted by atomic mass is 35.5. The molecule has 4 rings (SSSR count). The summed E-state index contributed by atoms with van der Waals surface area (Å²) in [6.07, 6.45) is 4.12. The Kier molecular flexibility index (Phi) is 5.76. The standard InChI is InChI=1S/C21H25ClN6O2/c1-13(2)16-9-19(27(3)26-16)25-15-5-4-7-24-21(15)30-14-6-8-28(12-14)17-10-23-11-18(29)20(17)22/h4-5,7,9-10,13-14,25H,6,8,11-12H2,1-3H3/t14-/m1/s1. The van der Waals surface area contributed by atoms with Crippen molar-refractivity contribution in [1.29, 1.82) is 0 Å². The van der Waals surface area contributed by atoms with Crippen LogP contribution in [0.5, 0.6) is 5.88 Å². The number of carbonyl (C=O) groups excluding carboxylic acids is 1. The maximum atomic E-state index is 11.8. The summed E-state index contributed by atoms with van der Waals surface area (Å²) in [6.45, 7) is 5.70. The largest absolute Gasteiger partial charge is 0.471 e. The molecule has 1 atom stereocenters. The molecule has 2 aliphatic rings. The average molecular weight is 429 g/mol. The first-order valence-electron chi connectivity index (χ1n) is 10.0. The normalized spacial score (nSPS) is 19.2. The van der Waals surface area contributed by atoms with Crippen molar-refractivity contribution >= 4 is 35.1 Å². The Morgan fingerprint density at radius 2 is 2.20 bits per heavy atom. The highest BCUT2D eigenvalue weighted by Gasteiger charge is 2.29. The van der Waals surface area contributed by atoms with Crippen molar-refractivity contribution in [3.63, 3.8) is 0 Å². The van der Waals surface area contributed by atoms with Crippen LogP contribution in [0.2, 0.25) is 0 Å². The summed E-state index contributed by atoms with van der Waals surface area (Å²) >= 11 is 6.20. The Morgan fingerprint density at radius 1 is 1.37 bits per heavy atom. The van der Waals surface area contributed by atoms with Gasteiger partial charge in [-0.05, 0) is 18.1 Å². The molecule has 2 aliphatic heterocycles. The highest BCUT2D eigenvalue weighted by molar-refractivity contribution is 6.44. The number of ether oxygens (including phenoxy) is 1. The highest BCUT2D eigenvalue weighted by Crippen LogP contribution is 2.30. The Morgan fingerprint density at radius 3 is 2.97 bits per heavy atom. The monoisotopic (exact) mass is 428 g/mol. The second kappa shape index (κ2) is 8.47. The molecule has 1 saturated heterocycles. The molecule has 2 aromatic rings. The molecule has 0 bridgehead atoms. The van der Waals surface area contributed by atoms with Crippen molar-refractivity contribution in [2.24, 2.45) is 12.0 Å². The van der Waals surface area contributed by atoms with E-state index in [1.807, 2.05) is 34.8 Å². The number of aromatic nitrogens is 3. The number of carbonyl (C=O) groups is 1. The number of halogens is 1. The molecular formula is C21H25ClN6O2. The number of aryl methyl sites for hydroxylation is 1. The second-order valence-electron chi connectivity index (χ2n) is 7.78. The van der Waals surface area contributed by atoms with Crippen LogP contribution >= 0.6 is 11.6 Å². The SMILES string of the molecule is CC(C)c1cc(Nc2cccnc2O[C@@H]2CCN(C3=C(Cl)C(=O)CN=C3)C2)n(C)n1. The maximum absolute atomic E-state index is 11.8. The molecule has 0 radical (unpaired) electrons. The van der Waals surface area contributed by atoms with E-state index >= 15 is 0 Å².